The van der Waals surface area contributed by atoms with Gasteiger partial charge in [-0.05, 0) is 43.7 Å². The van der Waals surface area contributed by atoms with E-state index in [-0.39, 0.29) is 41.1 Å². The lowest BCUT2D eigenvalue weighted by molar-refractivity contribution is -0.0884. The number of benzene rings is 1. The average Bonchev–Trinajstić information content (AvgIpc) is 3.41. The van der Waals surface area contributed by atoms with Crippen LogP contribution >= 0.6 is 0 Å². The molecule has 32 heavy (non-hydrogen) atoms. The molecular formula is C21H17F3N6O2. The van der Waals surface area contributed by atoms with Crippen molar-refractivity contribution in [2.24, 2.45) is 0 Å². The maximum absolute atomic E-state index is 13.5. The molecule has 1 aromatic carbocycles. The summed E-state index contributed by atoms with van der Waals surface area (Å²) in [6.45, 7) is 6.63. The van der Waals surface area contributed by atoms with Crippen LogP contribution in [0.3, 0.4) is 0 Å². The summed E-state index contributed by atoms with van der Waals surface area (Å²) in [5.74, 6) is 0.340. The number of alkyl halides is 3. The van der Waals surface area contributed by atoms with Crippen LogP contribution < -0.4 is 0 Å². The van der Waals surface area contributed by atoms with E-state index in [1.165, 1.54) is 6.92 Å². The molecule has 0 aliphatic carbocycles. The van der Waals surface area contributed by atoms with E-state index in [0.29, 0.717) is 5.56 Å². The molecule has 3 aromatic rings. The van der Waals surface area contributed by atoms with Gasteiger partial charge in [-0.1, -0.05) is 29.5 Å². The van der Waals surface area contributed by atoms with E-state index < -0.39 is 11.7 Å². The van der Waals surface area contributed by atoms with Gasteiger partial charge in [0.05, 0.1) is 11.3 Å². The summed E-state index contributed by atoms with van der Waals surface area (Å²) in [7, 11) is 0. The minimum atomic E-state index is -4.70. The Balaban J connectivity index is 1.73. The number of ether oxygens (including phenoxy) is 1. The summed E-state index contributed by atoms with van der Waals surface area (Å²) < 4.78 is 51.3. The zero-order chi connectivity index (χ0) is 23.3. The molecule has 0 saturated carbocycles. The second kappa shape index (κ2) is 9.30. The minimum Gasteiger partial charge on any atom is -0.488 e. The van der Waals surface area contributed by atoms with Crippen molar-refractivity contribution >= 4 is 5.57 Å². The Hall–Kier alpha value is -4.20. The monoisotopic (exact) mass is 442 g/mol. The van der Waals surface area contributed by atoms with Gasteiger partial charge in [-0.2, -0.15) is 18.4 Å². The van der Waals surface area contributed by atoms with Gasteiger partial charge in [0.15, 0.2) is 12.3 Å². The number of hydrogen-bond donors (Lipinski definition) is 1. The van der Waals surface area contributed by atoms with Crippen molar-refractivity contribution in [2.75, 3.05) is 0 Å². The lowest BCUT2D eigenvalue weighted by Crippen LogP contribution is -2.11. The number of hydrogen-bond acceptors (Lipinski definition) is 7. The topological polar surface area (TPSA) is 114 Å². The van der Waals surface area contributed by atoms with Crippen LogP contribution in [0.4, 0.5) is 13.2 Å². The molecule has 3 rings (SSSR count). The molecule has 0 atom stereocenters. The summed E-state index contributed by atoms with van der Waals surface area (Å²) in [5.41, 5.74) is 0.443. The predicted octanol–water partition coefficient (Wildman–Crippen LogP) is 4.66. The fourth-order valence-electron chi connectivity index (χ4n) is 2.55. The third-order valence-corrected chi connectivity index (χ3v) is 4.17. The van der Waals surface area contributed by atoms with Crippen LogP contribution in [0.5, 0.6) is 0 Å². The number of nitrogens with zero attached hydrogens (tertiary/aromatic N) is 5. The maximum Gasteiger partial charge on any atom is 0.416 e. The summed E-state index contributed by atoms with van der Waals surface area (Å²) in [5, 5.41) is 26.0. The van der Waals surface area contributed by atoms with Crippen molar-refractivity contribution in [3.05, 3.63) is 77.2 Å². The lowest BCUT2D eigenvalue weighted by Gasteiger charge is -2.10. The molecule has 2 aromatic heterocycles. The van der Waals surface area contributed by atoms with Crippen molar-refractivity contribution in [1.82, 2.24) is 25.6 Å². The molecule has 1 N–H and O–H groups in total. The van der Waals surface area contributed by atoms with Gasteiger partial charge >= 0.3 is 6.18 Å². The number of aromatic nitrogens is 5. The van der Waals surface area contributed by atoms with Crippen molar-refractivity contribution in [3.63, 3.8) is 0 Å². The molecule has 0 fully saturated rings. The minimum absolute atomic E-state index is 0.0443. The van der Waals surface area contributed by atoms with E-state index in [9.17, 15) is 13.2 Å². The quantitative estimate of drug-likeness (QED) is 0.418. The predicted molar refractivity (Wildman–Crippen MR) is 107 cm³/mol. The summed E-state index contributed by atoms with van der Waals surface area (Å²) >= 11 is 0. The Morgan fingerprint density at radius 1 is 1.22 bits per heavy atom. The fourth-order valence-corrected chi connectivity index (χ4v) is 2.55. The first-order valence-corrected chi connectivity index (χ1v) is 9.17. The van der Waals surface area contributed by atoms with Gasteiger partial charge in [0, 0.05) is 5.56 Å². The fraction of sp³-hybridized carbons (Fsp3) is 0.190. The highest BCUT2D eigenvalue weighted by Gasteiger charge is 2.33. The molecule has 0 spiro atoms. The normalized spacial score (nSPS) is 12.5. The van der Waals surface area contributed by atoms with Gasteiger partial charge in [-0.3, -0.25) is 0 Å². The van der Waals surface area contributed by atoms with Crippen LogP contribution in [0.15, 0.2) is 58.7 Å². The van der Waals surface area contributed by atoms with Gasteiger partial charge < -0.3 is 9.15 Å². The number of allylic oxidation sites excluding steroid dienone is 5. The highest BCUT2D eigenvalue weighted by atomic mass is 19.4. The van der Waals surface area contributed by atoms with Crippen LogP contribution in [-0.4, -0.2) is 31.8 Å². The van der Waals surface area contributed by atoms with Gasteiger partial charge in [-0.15, -0.1) is 15.3 Å². The van der Waals surface area contributed by atoms with Crippen LogP contribution in [0.2, 0.25) is 0 Å². The number of aromatic amines is 1. The molecule has 0 saturated heterocycles. The first-order chi connectivity index (χ1) is 15.2. The SMILES string of the molecule is C=C(/C=C(\C=C(/C)OCc1nnc(-c2ccc(C)cc2)o1)C(F)(F)F)c1nn[nH]c1C#N. The van der Waals surface area contributed by atoms with Crippen molar-refractivity contribution in [3.8, 4) is 17.5 Å². The van der Waals surface area contributed by atoms with E-state index in [1.54, 1.807) is 6.07 Å². The zero-order valence-electron chi connectivity index (χ0n) is 17.1. The van der Waals surface area contributed by atoms with Gasteiger partial charge in [0.2, 0.25) is 5.89 Å². The summed E-state index contributed by atoms with van der Waals surface area (Å²) in [6.07, 6.45) is -3.14. The smallest absolute Gasteiger partial charge is 0.416 e. The third kappa shape index (κ3) is 5.48. The van der Waals surface area contributed by atoms with Crippen molar-refractivity contribution in [2.45, 2.75) is 26.6 Å². The van der Waals surface area contributed by atoms with E-state index in [4.69, 9.17) is 14.4 Å². The largest absolute Gasteiger partial charge is 0.488 e. The Morgan fingerprint density at radius 3 is 2.59 bits per heavy atom. The molecule has 11 heteroatoms. The standard InChI is InChI=1S/C21H17F3N6O2/c1-12-4-6-15(7-5-12)20-29-27-18(32-20)11-31-14(3)9-16(21(22,23)24)8-13(2)19-17(10-25)26-30-28-19/h4-9H,2,11H2,1,3H3,(H,26,28,30)/b14-9+,16-8+. The Labute approximate surface area is 180 Å². The number of rotatable bonds is 7. The molecule has 0 amide bonds. The second-order valence-electron chi connectivity index (χ2n) is 6.68. The molecule has 8 nitrogen and oxygen atoms in total. The first-order valence-electron chi connectivity index (χ1n) is 9.17. The molecule has 0 bridgehead atoms. The molecule has 0 radical (unpaired) electrons. The number of nitrogens with one attached hydrogen (secondary N) is 1. The van der Waals surface area contributed by atoms with Gasteiger partial charge in [0.25, 0.3) is 5.89 Å². The Bertz CT molecular complexity index is 1210. The zero-order valence-corrected chi connectivity index (χ0v) is 17.1. The van der Waals surface area contributed by atoms with Gasteiger partial charge in [0.1, 0.15) is 11.8 Å². The molecule has 164 valence electrons. The lowest BCUT2D eigenvalue weighted by atomic mass is 10.1. The molecule has 0 aliphatic rings. The van der Waals surface area contributed by atoms with Crippen molar-refractivity contribution in [1.29, 1.82) is 5.26 Å². The first kappa shape index (κ1) is 22.5. The van der Waals surface area contributed by atoms with Crippen LogP contribution in [0.25, 0.3) is 17.0 Å². The van der Waals surface area contributed by atoms with Gasteiger partial charge in [-0.25, -0.2) is 5.10 Å². The maximum atomic E-state index is 13.5. The second-order valence-corrected chi connectivity index (χ2v) is 6.68. The highest BCUT2D eigenvalue weighted by molar-refractivity contribution is 5.73. The number of aryl methyl sites for hydroxylation is 1. The highest BCUT2D eigenvalue weighted by Crippen LogP contribution is 2.30. The van der Waals surface area contributed by atoms with E-state index in [1.807, 2.05) is 31.2 Å². The van der Waals surface area contributed by atoms with Crippen molar-refractivity contribution < 1.29 is 22.3 Å². The van der Waals surface area contributed by atoms with E-state index in [0.717, 1.165) is 17.7 Å². The van der Waals surface area contributed by atoms with Crippen LogP contribution in [-0.2, 0) is 11.3 Å². The number of nitriles is 1. The average molecular weight is 442 g/mol. The molecule has 2 heterocycles. The third-order valence-electron chi connectivity index (χ3n) is 4.17. The van der Waals surface area contributed by atoms with Crippen LogP contribution in [0, 0.1) is 18.3 Å². The summed E-state index contributed by atoms with van der Waals surface area (Å²) in [6, 6.07) is 9.16. The Morgan fingerprint density at radius 2 is 1.94 bits per heavy atom. The molecule has 0 aliphatic heterocycles. The van der Waals surface area contributed by atoms with Crippen LogP contribution in [0.1, 0.15) is 29.8 Å². The number of H-pyrrole nitrogens is 1. The molecular weight excluding hydrogens is 425 g/mol. The molecule has 0 unspecified atom stereocenters. The number of halogens is 3. The van der Waals surface area contributed by atoms with E-state index in [2.05, 4.69) is 32.2 Å². The van der Waals surface area contributed by atoms with E-state index >= 15 is 0 Å². The Kier molecular flexibility index (Phi) is 6.53. The summed E-state index contributed by atoms with van der Waals surface area (Å²) in [4.78, 5) is 0.